The zero-order valence-electron chi connectivity index (χ0n) is 17.6. The van der Waals surface area contributed by atoms with Crippen LogP contribution in [0.4, 0.5) is 11.4 Å². The SMILES string of the molecule is [2H]OC[C@H](N[C@H](O)c1ccc(N=Nc2c(C)cc(SC)cc2C)cc1)C(C)C. The number of nitrogens with zero attached hydrogens (tertiary/aromatic N) is 2. The Labute approximate surface area is 167 Å². The summed E-state index contributed by atoms with van der Waals surface area (Å²) >= 11 is 1.71. The van der Waals surface area contributed by atoms with Crippen LogP contribution in [0.1, 0.15) is 36.8 Å². The van der Waals surface area contributed by atoms with Crippen molar-refractivity contribution in [2.24, 2.45) is 16.1 Å². The van der Waals surface area contributed by atoms with Crippen LogP contribution in [0.25, 0.3) is 0 Å². The molecule has 0 unspecified atom stereocenters. The van der Waals surface area contributed by atoms with Crippen LogP contribution >= 0.6 is 11.8 Å². The van der Waals surface area contributed by atoms with E-state index in [1.807, 2.05) is 52.0 Å². The van der Waals surface area contributed by atoms with Gasteiger partial charge in [0, 0.05) is 10.9 Å². The summed E-state index contributed by atoms with van der Waals surface area (Å²) in [5.74, 6) is 0.233. The summed E-state index contributed by atoms with van der Waals surface area (Å²) in [7, 11) is 0. The van der Waals surface area contributed by atoms with Gasteiger partial charge in [0.1, 0.15) is 6.23 Å². The molecule has 6 heteroatoms. The molecule has 0 saturated heterocycles. The normalized spacial score (nSPS) is 14.6. The van der Waals surface area contributed by atoms with E-state index in [0.29, 0.717) is 0 Å². The highest BCUT2D eigenvalue weighted by Crippen LogP contribution is 2.30. The van der Waals surface area contributed by atoms with Gasteiger partial charge in [0.25, 0.3) is 0 Å². The van der Waals surface area contributed by atoms with Crippen molar-refractivity contribution in [2.45, 2.75) is 44.9 Å². The molecule has 0 saturated carbocycles. The molecule has 2 atom stereocenters. The zero-order chi connectivity index (χ0) is 20.7. The molecule has 0 radical (unpaired) electrons. The van der Waals surface area contributed by atoms with Crippen LogP contribution in [-0.4, -0.2) is 30.6 Å². The lowest BCUT2D eigenvalue weighted by molar-refractivity contribution is 0.0904. The first-order chi connectivity index (χ1) is 13.3. The summed E-state index contributed by atoms with van der Waals surface area (Å²) in [6, 6.07) is 11.4. The summed E-state index contributed by atoms with van der Waals surface area (Å²) in [5.41, 5.74) is 4.53. The van der Waals surface area contributed by atoms with Gasteiger partial charge in [-0.25, -0.2) is 0 Å². The van der Waals surface area contributed by atoms with Crippen LogP contribution in [0.15, 0.2) is 51.5 Å². The minimum absolute atomic E-state index is 0.109. The van der Waals surface area contributed by atoms with Crippen molar-refractivity contribution in [3.8, 4) is 0 Å². The van der Waals surface area contributed by atoms with Gasteiger partial charge in [0.2, 0.25) is 1.43 Å². The van der Waals surface area contributed by atoms with E-state index in [0.717, 1.165) is 28.1 Å². The van der Waals surface area contributed by atoms with Crippen molar-refractivity contribution in [3.05, 3.63) is 53.1 Å². The maximum atomic E-state index is 10.4. The number of rotatable bonds is 9. The van der Waals surface area contributed by atoms with Crippen LogP contribution in [0.5, 0.6) is 0 Å². The number of aliphatic hydroxyl groups is 2. The first kappa shape index (κ1) is 20.0. The molecule has 0 aliphatic heterocycles. The second-order valence-electron chi connectivity index (χ2n) is 6.99. The van der Waals surface area contributed by atoms with Gasteiger partial charge in [0.05, 0.1) is 18.0 Å². The summed E-state index contributed by atoms with van der Waals surface area (Å²) in [4.78, 5) is 1.22. The Bertz CT molecular complexity index is 774. The van der Waals surface area contributed by atoms with Crippen LogP contribution in [-0.2, 0) is 0 Å². The van der Waals surface area contributed by atoms with Crippen LogP contribution < -0.4 is 5.32 Å². The molecule has 2 rings (SSSR count). The third-order valence-corrected chi connectivity index (χ3v) is 5.24. The van der Waals surface area contributed by atoms with Gasteiger partial charge < -0.3 is 10.2 Å². The second-order valence-corrected chi connectivity index (χ2v) is 7.87. The minimum Gasteiger partial charge on any atom is -0.395 e. The first-order valence-electron chi connectivity index (χ1n) is 9.45. The van der Waals surface area contributed by atoms with E-state index in [1.165, 1.54) is 4.90 Å². The molecule has 0 bridgehead atoms. The number of azo groups is 1. The predicted molar refractivity (Wildman–Crippen MR) is 112 cm³/mol. The monoisotopic (exact) mass is 388 g/mol. The highest BCUT2D eigenvalue weighted by atomic mass is 32.2. The maximum Gasteiger partial charge on any atom is 0.210 e. The van der Waals surface area contributed by atoms with E-state index < -0.39 is 6.23 Å². The van der Waals surface area contributed by atoms with E-state index in [-0.39, 0.29) is 18.6 Å². The molecule has 27 heavy (non-hydrogen) atoms. The molecule has 0 heterocycles. The Morgan fingerprint density at radius 2 is 1.74 bits per heavy atom. The fourth-order valence-electron chi connectivity index (χ4n) is 2.75. The largest absolute Gasteiger partial charge is 0.395 e. The molecule has 2 aromatic rings. The molecule has 3 N–H and O–H groups in total. The molecular formula is C21H29N3O2S. The van der Waals surface area contributed by atoms with Gasteiger partial charge in [-0.15, -0.1) is 11.8 Å². The van der Waals surface area contributed by atoms with Gasteiger partial charge in [-0.2, -0.15) is 10.2 Å². The van der Waals surface area contributed by atoms with Gasteiger partial charge in [-0.1, -0.05) is 26.0 Å². The Morgan fingerprint density at radius 1 is 1.11 bits per heavy atom. The van der Waals surface area contributed by atoms with Crippen LogP contribution in [0, 0.1) is 19.8 Å². The number of thioether (sulfide) groups is 1. The quantitative estimate of drug-likeness (QED) is 0.319. The highest BCUT2D eigenvalue weighted by Gasteiger charge is 2.17. The molecule has 2 aromatic carbocycles. The molecule has 0 aliphatic rings. The molecule has 5 nitrogen and oxygen atoms in total. The van der Waals surface area contributed by atoms with Gasteiger partial charge >= 0.3 is 0 Å². The topological polar surface area (TPSA) is 77.2 Å². The number of hydrogen-bond acceptors (Lipinski definition) is 6. The molecular weight excluding hydrogens is 358 g/mol. The van der Waals surface area contributed by atoms with Gasteiger partial charge in [-0.3, -0.25) is 5.32 Å². The third-order valence-electron chi connectivity index (χ3n) is 4.53. The number of aliphatic hydroxyl groups excluding tert-OH is 2. The summed E-state index contributed by atoms with van der Waals surface area (Å²) in [5, 5.41) is 26.7. The average Bonchev–Trinajstić information content (AvgIpc) is 2.67. The maximum absolute atomic E-state index is 10.4. The second kappa shape index (κ2) is 9.99. The number of aryl methyl sites for hydroxylation is 2. The lowest BCUT2D eigenvalue weighted by atomic mass is 10.0. The lowest BCUT2D eigenvalue weighted by Crippen LogP contribution is -2.39. The first-order valence-corrected chi connectivity index (χ1v) is 10.3. The Kier molecular flexibility index (Phi) is 7.41. The average molecular weight is 389 g/mol. The highest BCUT2D eigenvalue weighted by molar-refractivity contribution is 7.98. The molecule has 0 spiro atoms. The van der Waals surface area contributed by atoms with Crippen molar-refractivity contribution < 1.29 is 10.2 Å². The molecule has 146 valence electrons. The zero-order valence-corrected chi connectivity index (χ0v) is 17.4. The Hall–Kier alpha value is -1.73. The lowest BCUT2D eigenvalue weighted by Gasteiger charge is -2.24. The predicted octanol–water partition coefficient (Wildman–Crippen LogP) is 5.04. The molecule has 0 aliphatic carbocycles. The van der Waals surface area contributed by atoms with Crippen molar-refractivity contribution >= 4 is 23.1 Å². The smallest absolute Gasteiger partial charge is 0.210 e. The van der Waals surface area contributed by atoms with Crippen molar-refractivity contribution in [2.75, 3.05) is 12.9 Å². The van der Waals surface area contributed by atoms with E-state index in [9.17, 15) is 5.11 Å². The summed E-state index contributed by atoms with van der Waals surface area (Å²) in [6.07, 6.45) is 1.22. The summed E-state index contributed by atoms with van der Waals surface area (Å²) < 4.78 is 6.93. The van der Waals surface area contributed by atoms with Crippen molar-refractivity contribution in [3.63, 3.8) is 0 Å². The molecule has 0 amide bonds. The van der Waals surface area contributed by atoms with Crippen LogP contribution in [0.2, 0.25) is 0 Å². The van der Waals surface area contributed by atoms with Gasteiger partial charge in [0.15, 0.2) is 0 Å². The molecule has 0 aromatic heterocycles. The number of hydrogen-bond donors (Lipinski definition) is 3. The van der Waals surface area contributed by atoms with E-state index in [4.69, 9.17) is 1.43 Å². The van der Waals surface area contributed by atoms with E-state index in [2.05, 4.69) is 39.0 Å². The van der Waals surface area contributed by atoms with Crippen molar-refractivity contribution in [1.29, 1.82) is 1.43 Å². The van der Waals surface area contributed by atoms with Gasteiger partial charge in [-0.05, 0) is 67.0 Å². The van der Waals surface area contributed by atoms with E-state index >= 15 is 0 Å². The fraction of sp³-hybridized carbons (Fsp3) is 0.429. The van der Waals surface area contributed by atoms with Crippen LogP contribution in [0.3, 0.4) is 0 Å². The standard InChI is InChI=1S/C21H29N3O2S/c1-13(2)19(12-25)22-21(26)16-6-8-17(9-7-16)23-24-20-14(3)10-18(27-5)11-15(20)4/h6-11,13,19,21-22,25-26H,12H2,1-5H3/t19-,21+/m0/s1/i25D. The Morgan fingerprint density at radius 3 is 2.26 bits per heavy atom. The van der Waals surface area contributed by atoms with Crippen molar-refractivity contribution in [1.82, 2.24) is 5.32 Å². The number of nitrogens with one attached hydrogen (secondary N) is 1. The molecule has 0 fully saturated rings. The fourth-order valence-corrected chi connectivity index (χ4v) is 3.34. The minimum atomic E-state index is -0.836. The van der Waals surface area contributed by atoms with E-state index in [1.54, 1.807) is 11.8 Å². The third kappa shape index (κ3) is 5.87. The Balaban J connectivity index is 2.09. The summed E-state index contributed by atoms with van der Waals surface area (Å²) in [6.45, 7) is 8.33. The number of benzene rings is 2.